The van der Waals surface area contributed by atoms with Gasteiger partial charge in [0.1, 0.15) is 0 Å². The van der Waals surface area contributed by atoms with E-state index in [0.717, 1.165) is 0 Å². The van der Waals surface area contributed by atoms with Gasteiger partial charge in [-0.05, 0) is 0 Å². The minimum absolute atomic E-state index is 1.65. The Bertz CT molecular complexity index is 41.2. The average molecular weight is 142 g/mol. The maximum atomic E-state index is 3.27. The maximum absolute atomic E-state index is 3.27. The van der Waals surface area contributed by atoms with E-state index in [4.69, 9.17) is 0 Å². The molecule has 0 bridgehead atoms. The zero-order valence-electron chi connectivity index (χ0n) is 2.12. The monoisotopic (exact) mass is 142 g/mol. The Morgan fingerprint density at radius 1 is 2.00 bits per heavy atom. The quantitative estimate of drug-likeness (QED) is 0.347. The zero-order chi connectivity index (χ0) is 3.41. The molecular formula is C3H3Rh. The summed E-state index contributed by atoms with van der Waals surface area (Å²) >= 11 is 2.51. The Labute approximate surface area is 35.9 Å². The summed E-state index contributed by atoms with van der Waals surface area (Å²) in [5, 5.41) is 0. The first-order chi connectivity index (χ1) is 1.91. The van der Waals surface area contributed by atoms with Crippen LogP contribution in [0.25, 0.3) is 0 Å². The zero-order valence-corrected chi connectivity index (χ0v) is 3.76. The summed E-state index contributed by atoms with van der Waals surface area (Å²) in [5.74, 6) is 0. The van der Waals surface area contributed by atoms with Gasteiger partial charge in [0.05, 0.1) is 0 Å². The number of hydrogen-bond donors (Lipinski definition) is 0. The molecule has 0 N–H and O–H groups in total. The Kier molecular flexibility index (Phi) is 3.26. The molecule has 0 unspecified atom stereocenters. The molecule has 0 aliphatic carbocycles. The van der Waals surface area contributed by atoms with E-state index in [1.54, 1.807) is 4.67 Å². The fourth-order valence-corrected chi connectivity index (χ4v) is 0. The summed E-state index contributed by atoms with van der Waals surface area (Å²) in [5.41, 5.74) is 2.51. The van der Waals surface area contributed by atoms with Crippen molar-refractivity contribution in [3.8, 4) is 0 Å². The molecule has 0 radical (unpaired) electrons. The van der Waals surface area contributed by atoms with Crippen LogP contribution >= 0.6 is 0 Å². The first-order valence-electron chi connectivity index (χ1n) is 0.835. The summed E-state index contributed by atoms with van der Waals surface area (Å²) in [6.45, 7) is 3.27. The molecule has 0 aliphatic rings. The first kappa shape index (κ1) is 4.14. The molecule has 0 rings (SSSR count). The van der Waals surface area contributed by atoms with Gasteiger partial charge < -0.3 is 0 Å². The number of hydrogen-bond acceptors (Lipinski definition) is 0. The minimum atomic E-state index is 1.65. The second-order valence-electron chi connectivity index (χ2n) is 0.300. The topological polar surface area (TPSA) is 0 Å². The van der Waals surface area contributed by atoms with Crippen LogP contribution in [0.3, 0.4) is 0 Å². The Balaban J connectivity index is 3.11. The van der Waals surface area contributed by atoms with Crippen molar-refractivity contribution in [2.75, 3.05) is 0 Å². The molecule has 0 aromatic heterocycles. The Morgan fingerprint density at radius 3 is 2.25 bits per heavy atom. The van der Waals surface area contributed by atoms with Crippen LogP contribution in [0.2, 0.25) is 0 Å². The molecular weight excluding hydrogens is 139 g/mol. The van der Waals surface area contributed by atoms with Gasteiger partial charge in [0.25, 0.3) is 0 Å². The molecule has 1 heteroatoms. The second kappa shape index (κ2) is 3.14. The van der Waals surface area contributed by atoms with Gasteiger partial charge in [-0.2, -0.15) is 0 Å². The summed E-state index contributed by atoms with van der Waals surface area (Å²) < 4.78 is 1.65. The van der Waals surface area contributed by atoms with Crippen molar-refractivity contribution >= 4 is 0 Å². The third-order valence-electron chi connectivity index (χ3n) is 0.0680. The van der Waals surface area contributed by atoms with Gasteiger partial charge in [-0.15, -0.1) is 0 Å². The van der Waals surface area contributed by atoms with Gasteiger partial charge >= 0.3 is 35.3 Å². The normalized spacial score (nSPS) is 4.50. The van der Waals surface area contributed by atoms with Crippen LogP contribution in [0.15, 0.2) is 17.0 Å². The third kappa shape index (κ3) is 2.14. The molecule has 0 aliphatic heterocycles. The summed E-state index contributed by atoms with van der Waals surface area (Å²) in [6.07, 6.45) is 0. The standard InChI is InChI=1S/C3H3.Rh/c1-3-2;/h1H,2H2;. The van der Waals surface area contributed by atoms with E-state index in [2.05, 4.69) is 30.6 Å². The van der Waals surface area contributed by atoms with E-state index in [0.29, 0.717) is 0 Å². The second-order valence-corrected chi connectivity index (χ2v) is 0.773. The van der Waals surface area contributed by atoms with Crippen molar-refractivity contribution in [2.24, 2.45) is 0 Å². The SMILES string of the molecule is C=C=[CH][Rh]. The third-order valence-corrected chi connectivity index (χ3v) is 0.403. The van der Waals surface area contributed by atoms with Crippen LogP contribution in [0.4, 0.5) is 0 Å². The predicted molar refractivity (Wildman–Crippen MR) is 13.7 cm³/mol. The molecule has 0 aromatic carbocycles. The predicted octanol–water partition coefficient (Wildman–Crippen LogP) is 0.832. The van der Waals surface area contributed by atoms with Crippen LogP contribution in [-0.4, -0.2) is 0 Å². The Hall–Kier alpha value is 0.143. The van der Waals surface area contributed by atoms with Crippen molar-refractivity contribution in [1.29, 1.82) is 0 Å². The van der Waals surface area contributed by atoms with Crippen LogP contribution in [0, 0.1) is 0 Å². The van der Waals surface area contributed by atoms with Gasteiger partial charge in [0, 0.05) is 0 Å². The average Bonchev–Trinajstić information content (AvgIpc) is 1.37. The van der Waals surface area contributed by atoms with Gasteiger partial charge in [0.2, 0.25) is 0 Å². The molecule has 0 amide bonds. The van der Waals surface area contributed by atoms with Crippen molar-refractivity contribution in [1.82, 2.24) is 0 Å². The van der Waals surface area contributed by atoms with Gasteiger partial charge in [0.15, 0.2) is 0 Å². The summed E-state index contributed by atoms with van der Waals surface area (Å²) in [4.78, 5) is 0. The molecule has 0 fully saturated rings. The van der Waals surface area contributed by atoms with Crippen LogP contribution in [-0.2, 0) is 18.3 Å². The summed E-state index contributed by atoms with van der Waals surface area (Å²) in [6, 6.07) is 0. The van der Waals surface area contributed by atoms with Gasteiger partial charge in [-0.3, -0.25) is 0 Å². The molecule has 0 spiro atoms. The molecule has 0 heterocycles. The van der Waals surface area contributed by atoms with E-state index < -0.39 is 0 Å². The van der Waals surface area contributed by atoms with Crippen LogP contribution < -0.4 is 0 Å². The van der Waals surface area contributed by atoms with E-state index in [9.17, 15) is 0 Å². The van der Waals surface area contributed by atoms with Crippen molar-refractivity contribution in [2.45, 2.75) is 0 Å². The fourth-order valence-electron chi connectivity index (χ4n) is 0. The fraction of sp³-hybridized carbons (Fsp3) is 0. The van der Waals surface area contributed by atoms with E-state index in [-0.39, 0.29) is 0 Å². The van der Waals surface area contributed by atoms with Crippen LogP contribution in [0.1, 0.15) is 0 Å². The van der Waals surface area contributed by atoms with Crippen LogP contribution in [0.5, 0.6) is 0 Å². The van der Waals surface area contributed by atoms with E-state index in [1.165, 1.54) is 0 Å². The van der Waals surface area contributed by atoms with Gasteiger partial charge in [-0.1, -0.05) is 0 Å². The molecule has 24 valence electrons. The molecule has 0 atom stereocenters. The molecule has 0 saturated heterocycles. The number of rotatable bonds is 0. The molecule has 0 aromatic rings. The van der Waals surface area contributed by atoms with E-state index in [1.807, 2.05) is 0 Å². The summed E-state index contributed by atoms with van der Waals surface area (Å²) in [7, 11) is 0. The van der Waals surface area contributed by atoms with Gasteiger partial charge in [-0.25, -0.2) is 0 Å². The molecule has 0 nitrogen and oxygen atoms in total. The molecule has 0 saturated carbocycles. The Morgan fingerprint density at radius 2 is 2.25 bits per heavy atom. The first-order valence-corrected chi connectivity index (χ1v) is 1.78. The van der Waals surface area contributed by atoms with Crippen molar-refractivity contribution < 1.29 is 18.3 Å². The van der Waals surface area contributed by atoms with Crippen molar-refractivity contribution in [3.63, 3.8) is 0 Å². The van der Waals surface area contributed by atoms with Crippen molar-refractivity contribution in [3.05, 3.63) is 17.0 Å². The molecule has 4 heavy (non-hydrogen) atoms. The van der Waals surface area contributed by atoms with E-state index >= 15 is 0 Å².